The number of para-hydroxylation sites is 1. The van der Waals surface area contributed by atoms with E-state index in [1.807, 2.05) is 24.4 Å². The number of benzene rings is 2. The van der Waals surface area contributed by atoms with Crippen LogP contribution in [0.25, 0.3) is 32.8 Å². The third kappa shape index (κ3) is 3.00. The largest absolute Gasteiger partial charge is 0.331 e. The molecule has 5 heteroatoms. The molecule has 0 saturated carbocycles. The summed E-state index contributed by atoms with van der Waals surface area (Å²) in [6.45, 7) is 2.11. The van der Waals surface area contributed by atoms with Gasteiger partial charge in [0.05, 0.1) is 22.1 Å². The molecule has 28 heavy (non-hydrogen) atoms. The summed E-state index contributed by atoms with van der Waals surface area (Å²) >= 11 is 0. The molecule has 0 fully saturated rings. The Labute approximate surface area is 169 Å². The van der Waals surface area contributed by atoms with E-state index in [1.54, 1.807) is 0 Å². The van der Waals surface area contributed by atoms with Gasteiger partial charge in [-0.1, -0.05) is 24.3 Å². The molecule has 0 amide bonds. The minimum atomic E-state index is 0. The van der Waals surface area contributed by atoms with Crippen LogP contribution in [0, 0.1) is 6.92 Å². The van der Waals surface area contributed by atoms with Crippen LogP contribution in [0.3, 0.4) is 0 Å². The number of pyridine rings is 2. The van der Waals surface area contributed by atoms with E-state index in [0.717, 1.165) is 51.8 Å². The first-order chi connectivity index (χ1) is 13.2. The molecule has 0 saturated heterocycles. The van der Waals surface area contributed by atoms with Crippen LogP contribution in [0.1, 0.15) is 17.1 Å². The molecule has 0 aliphatic carbocycles. The minimum absolute atomic E-state index is 0. The van der Waals surface area contributed by atoms with E-state index < -0.39 is 0 Å². The molecule has 0 bridgehead atoms. The van der Waals surface area contributed by atoms with Crippen LogP contribution < -0.4 is 0 Å². The molecule has 0 radical (unpaired) electrons. The first kappa shape index (κ1) is 18.4. The summed E-state index contributed by atoms with van der Waals surface area (Å²) in [4.78, 5) is 14.3. The Balaban J connectivity index is 0.00000192. The summed E-state index contributed by atoms with van der Waals surface area (Å²) in [6, 6.07) is 18.8. The Morgan fingerprint density at radius 2 is 1.75 bits per heavy atom. The topological polar surface area (TPSA) is 43.6 Å². The van der Waals surface area contributed by atoms with Crippen molar-refractivity contribution in [3.63, 3.8) is 0 Å². The van der Waals surface area contributed by atoms with Crippen molar-refractivity contribution in [1.82, 2.24) is 19.5 Å². The van der Waals surface area contributed by atoms with Crippen molar-refractivity contribution in [1.29, 1.82) is 0 Å². The highest BCUT2D eigenvalue weighted by Crippen LogP contribution is 2.27. The Hall–Kier alpha value is -2.98. The first-order valence-electron chi connectivity index (χ1n) is 9.25. The highest BCUT2D eigenvalue weighted by molar-refractivity contribution is 6.04. The van der Waals surface area contributed by atoms with Gasteiger partial charge in [-0.05, 0) is 49.2 Å². The smallest absolute Gasteiger partial charge is 0.110 e. The summed E-state index contributed by atoms with van der Waals surface area (Å²) in [5.74, 6) is 1.08. The fraction of sp³-hybridized carbons (Fsp3) is 0.174. The monoisotopic (exact) mass is 388 g/mol. The lowest BCUT2D eigenvalue weighted by atomic mass is 10.1. The van der Waals surface area contributed by atoms with Gasteiger partial charge in [-0.2, -0.15) is 0 Å². The number of fused-ring (bicyclic) bond motifs is 4. The Kier molecular flexibility index (Phi) is 4.73. The van der Waals surface area contributed by atoms with Crippen LogP contribution in [-0.2, 0) is 19.9 Å². The van der Waals surface area contributed by atoms with E-state index in [-0.39, 0.29) is 12.4 Å². The Morgan fingerprint density at radius 1 is 0.893 bits per heavy atom. The zero-order valence-electron chi connectivity index (χ0n) is 15.9. The summed E-state index contributed by atoms with van der Waals surface area (Å²) in [5, 5.41) is 2.30. The second kappa shape index (κ2) is 7.21. The number of aryl methyl sites for hydroxylation is 4. The maximum absolute atomic E-state index is 4.95. The fourth-order valence-electron chi connectivity index (χ4n) is 3.82. The lowest BCUT2D eigenvalue weighted by molar-refractivity contribution is 0.778. The van der Waals surface area contributed by atoms with Crippen LogP contribution in [-0.4, -0.2) is 19.5 Å². The van der Waals surface area contributed by atoms with Crippen LogP contribution in [0.5, 0.6) is 0 Å². The summed E-state index contributed by atoms with van der Waals surface area (Å²) in [7, 11) is 2.10. The van der Waals surface area contributed by atoms with Gasteiger partial charge in [0.1, 0.15) is 5.82 Å². The second-order valence-corrected chi connectivity index (χ2v) is 7.04. The van der Waals surface area contributed by atoms with E-state index in [1.165, 1.54) is 10.9 Å². The molecule has 0 N–H and O–H groups in total. The van der Waals surface area contributed by atoms with Crippen molar-refractivity contribution in [2.75, 3.05) is 0 Å². The fourth-order valence-corrected chi connectivity index (χ4v) is 3.82. The molecule has 0 unspecified atom stereocenters. The van der Waals surface area contributed by atoms with E-state index in [0.29, 0.717) is 0 Å². The van der Waals surface area contributed by atoms with E-state index >= 15 is 0 Å². The third-order valence-electron chi connectivity index (χ3n) is 5.28. The van der Waals surface area contributed by atoms with Crippen LogP contribution in [0.15, 0.2) is 60.8 Å². The third-order valence-corrected chi connectivity index (χ3v) is 5.28. The quantitative estimate of drug-likeness (QED) is 0.427. The van der Waals surface area contributed by atoms with Crippen molar-refractivity contribution < 1.29 is 0 Å². The predicted octanol–water partition coefficient (Wildman–Crippen LogP) is 5.19. The van der Waals surface area contributed by atoms with E-state index in [4.69, 9.17) is 9.97 Å². The summed E-state index contributed by atoms with van der Waals surface area (Å²) in [6.07, 6.45) is 3.57. The molecular formula is C23H21ClN4. The van der Waals surface area contributed by atoms with Crippen molar-refractivity contribution >= 4 is 45.2 Å². The predicted molar refractivity (Wildman–Crippen MR) is 117 cm³/mol. The number of hydrogen-bond acceptors (Lipinski definition) is 3. The van der Waals surface area contributed by atoms with Gasteiger partial charge in [-0.25, -0.2) is 4.98 Å². The number of nitrogens with zero attached hydrogens (tertiary/aromatic N) is 4. The normalized spacial score (nSPS) is 11.2. The molecule has 0 aliphatic heterocycles. The highest BCUT2D eigenvalue weighted by atomic mass is 35.5. The van der Waals surface area contributed by atoms with Gasteiger partial charge < -0.3 is 4.57 Å². The van der Waals surface area contributed by atoms with E-state index in [9.17, 15) is 0 Å². The highest BCUT2D eigenvalue weighted by Gasteiger charge is 2.13. The second-order valence-electron chi connectivity index (χ2n) is 7.04. The summed E-state index contributed by atoms with van der Waals surface area (Å²) < 4.78 is 2.20. The molecule has 5 rings (SSSR count). The zero-order valence-corrected chi connectivity index (χ0v) is 16.7. The van der Waals surface area contributed by atoms with Gasteiger partial charge in [-0.3, -0.25) is 9.97 Å². The van der Waals surface area contributed by atoms with Crippen LogP contribution in [0.4, 0.5) is 0 Å². The molecule has 5 aromatic rings. The van der Waals surface area contributed by atoms with Gasteiger partial charge in [0.2, 0.25) is 0 Å². The van der Waals surface area contributed by atoms with Gasteiger partial charge >= 0.3 is 0 Å². The maximum Gasteiger partial charge on any atom is 0.110 e. The molecule has 0 spiro atoms. The molecule has 3 heterocycles. The molecule has 2 aromatic carbocycles. The van der Waals surface area contributed by atoms with Gasteiger partial charge in [0.25, 0.3) is 0 Å². The van der Waals surface area contributed by atoms with Crippen LogP contribution in [0.2, 0.25) is 0 Å². The average Bonchev–Trinajstić information content (AvgIpc) is 3.02. The number of hydrogen-bond donors (Lipinski definition) is 0. The lowest BCUT2D eigenvalue weighted by Gasteiger charge is -2.05. The van der Waals surface area contributed by atoms with Crippen molar-refractivity contribution in [3.8, 4) is 0 Å². The Bertz CT molecular complexity index is 1310. The molecule has 4 nitrogen and oxygen atoms in total. The van der Waals surface area contributed by atoms with Gasteiger partial charge in [0.15, 0.2) is 0 Å². The standard InChI is InChI=1S/C23H20N4.ClH/c1-15-14-20-23(18-7-5-13-24-22(15)18)26-21(27(20)2)12-11-17-10-9-16-6-3-4-8-19(16)25-17;/h3-10,13-14H,11-12H2,1-2H3;1H. The zero-order chi connectivity index (χ0) is 18.4. The van der Waals surface area contributed by atoms with Crippen molar-refractivity contribution in [2.45, 2.75) is 19.8 Å². The molecule has 0 atom stereocenters. The van der Waals surface area contributed by atoms with Gasteiger partial charge in [-0.15, -0.1) is 12.4 Å². The number of aromatic nitrogens is 4. The first-order valence-corrected chi connectivity index (χ1v) is 9.25. The SMILES string of the molecule is Cc1cc2c(nc(CCc3ccc4ccccc4n3)n2C)c2cccnc12.Cl. The molecule has 140 valence electrons. The minimum Gasteiger partial charge on any atom is -0.331 e. The maximum atomic E-state index is 4.95. The number of rotatable bonds is 3. The van der Waals surface area contributed by atoms with Gasteiger partial charge in [0, 0.05) is 36.1 Å². The van der Waals surface area contributed by atoms with E-state index in [2.05, 4.69) is 59.9 Å². The lowest BCUT2D eigenvalue weighted by Crippen LogP contribution is -2.01. The summed E-state index contributed by atoms with van der Waals surface area (Å²) in [5.41, 5.74) is 6.56. The molecular weight excluding hydrogens is 368 g/mol. The average molecular weight is 389 g/mol. The van der Waals surface area contributed by atoms with Crippen molar-refractivity contribution in [2.24, 2.45) is 7.05 Å². The molecule has 0 aliphatic rings. The number of imidazole rings is 1. The Morgan fingerprint density at radius 3 is 2.64 bits per heavy atom. The number of halogens is 1. The van der Waals surface area contributed by atoms with Crippen molar-refractivity contribution in [3.05, 3.63) is 77.9 Å². The van der Waals surface area contributed by atoms with Crippen LogP contribution >= 0.6 is 12.4 Å². The molecule has 3 aromatic heterocycles.